The Hall–Kier alpha value is -0.870. The molecule has 1 aliphatic rings. The van der Waals surface area contributed by atoms with Crippen LogP contribution in [0.1, 0.15) is 50.3 Å². The van der Waals surface area contributed by atoms with Crippen LogP contribution in [0, 0.1) is 11.3 Å². The first-order valence-electron chi connectivity index (χ1n) is 6.63. The van der Waals surface area contributed by atoms with Crippen LogP contribution >= 0.6 is 11.3 Å². The van der Waals surface area contributed by atoms with Crippen LogP contribution in [0.25, 0.3) is 4.83 Å². The minimum absolute atomic E-state index is 0.337. The molecular weight excluding hydrogens is 244 g/mol. The van der Waals surface area contributed by atoms with Crippen LogP contribution in [0.4, 0.5) is 0 Å². The molecule has 0 saturated heterocycles. The Kier molecular flexibility index (Phi) is 2.75. The van der Waals surface area contributed by atoms with E-state index in [2.05, 4.69) is 30.2 Å². The number of aryl methyl sites for hydroxylation is 1. The van der Waals surface area contributed by atoms with Crippen molar-refractivity contribution in [1.82, 2.24) is 9.38 Å². The molecule has 1 fully saturated rings. The van der Waals surface area contributed by atoms with E-state index in [0.29, 0.717) is 11.3 Å². The SMILES string of the molecule is CCc1sc2cncn2c1C(O)C1CC(C)(C)C1. The lowest BCUT2D eigenvalue weighted by atomic mass is 9.62. The Bertz CT molecular complexity index is 561. The van der Waals surface area contributed by atoms with E-state index in [0.717, 1.165) is 29.8 Å². The second-order valence-corrected chi connectivity index (χ2v) is 7.26. The van der Waals surface area contributed by atoms with E-state index in [-0.39, 0.29) is 6.10 Å². The van der Waals surface area contributed by atoms with E-state index in [9.17, 15) is 5.11 Å². The maximum Gasteiger partial charge on any atom is 0.120 e. The fraction of sp³-hybridized carbons (Fsp3) is 0.643. The van der Waals surface area contributed by atoms with Gasteiger partial charge in [-0.05, 0) is 30.6 Å². The highest BCUT2D eigenvalue weighted by Crippen LogP contribution is 2.51. The van der Waals surface area contributed by atoms with Crippen molar-refractivity contribution < 1.29 is 5.11 Å². The van der Waals surface area contributed by atoms with Crippen molar-refractivity contribution in [2.45, 2.75) is 46.1 Å². The molecule has 2 aromatic rings. The third-order valence-electron chi connectivity index (χ3n) is 4.05. The number of aromatic nitrogens is 2. The maximum atomic E-state index is 10.6. The molecule has 0 aliphatic heterocycles. The predicted octanol–water partition coefficient (Wildman–Crippen LogP) is 3.43. The fourth-order valence-electron chi connectivity index (χ4n) is 3.22. The zero-order chi connectivity index (χ0) is 12.9. The molecule has 1 saturated carbocycles. The van der Waals surface area contributed by atoms with E-state index in [1.807, 2.05) is 12.5 Å². The molecule has 1 aliphatic carbocycles. The Morgan fingerprint density at radius 2 is 2.28 bits per heavy atom. The second-order valence-electron chi connectivity index (χ2n) is 6.14. The lowest BCUT2D eigenvalue weighted by Crippen LogP contribution is -2.36. The summed E-state index contributed by atoms with van der Waals surface area (Å²) in [5.41, 5.74) is 1.48. The topological polar surface area (TPSA) is 37.5 Å². The zero-order valence-electron chi connectivity index (χ0n) is 11.2. The summed E-state index contributed by atoms with van der Waals surface area (Å²) in [6, 6.07) is 0. The summed E-state index contributed by atoms with van der Waals surface area (Å²) < 4.78 is 2.07. The molecule has 3 nitrogen and oxygen atoms in total. The van der Waals surface area contributed by atoms with E-state index in [4.69, 9.17) is 0 Å². The molecule has 0 amide bonds. The van der Waals surface area contributed by atoms with Crippen molar-refractivity contribution in [1.29, 1.82) is 0 Å². The number of thiazole rings is 1. The van der Waals surface area contributed by atoms with Crippen molar-refractivity contribution in [3.05, 3.63) is 23.1 Å². The van der Waals surface area contributed by atoms with Gasteiger partial charge in [-0.15, -0.1) is 11.3 Å². The number of aliphatic hydroxyl groups is 1. The van der Waals surface area contributed by atoms with Gasteiger partial charge in [-0.3, -0.25) is 4.40 Å². The van der Waals surface area contributed by atoms with Gasteiger partial charge in [0.25, 0.3) is 0 Å². The monoisotopic (exact) mass is 264 g/mol. The molecule has 1 atom stereocenters. The number of fused-ring (bicyclic) bond motifs is 1. The highest BCUT2D eigenvalue weighted by Gasteiger charge is 2.41. The summed E-state index contributed by atoms with van der Waals surface area (Å²) in [4.78, 5) is 6.61. The largest absolute Gasteiger partial charge is 0.387 e. The number of hydrogen-bond acceptors (Lipinski definition) is 3. The molecule has 1 N–H and O–H groups in total. The first-order chi connectivity index (χ1) is 8.52. The first kappa shape index (κ1) is 12.2. The van der Waals surface area contributed by atoms with Gasteiger partial charge in [0.15, 0.2) is 0 Å². The number of aliphatic hydroxyl groups excluding tert-OH is 1. The number of imidazole rings is 1. The van der Waals surface area contributed by atoms with Gasteiger partial charge in [-0.2, -0.15) is 0 Å². The van der Waals surface area contributed by atoms with Gasteiger partial charge in [0.2, 0.25) is 0 Å². The highest BCUT2D eigenvalue weighted by atomic mass is 32.1. The van der Waals surface area contributed by atoms with Crippen molar-refractivity contribution in [3.8, 4) is 0 Å². The molecule has 3 rings (SSSR count). The molecule has 18 heavy (non-hydrogen) atoms. The molecule has 1 unspecified atom stereocenters. The van der Waals surface area contributed by atoms with Crippen molar-refractivity contribution in [2.75, 3.05) is 0 Å². The summed E-state index contributed by atoms with van der Waals surface area (Å²) in [6.07, 6.45) is 6.58. The Labute approximate surface area is 111 Å². The van der Waals surface area contributed by atoms with Crippen LogP contribution in [0.2, 0.25) is 0 Å². The van der Waals surface area contributed by atoms with Crippen LogP contribution in [0.15, 0.2) is 12.5 Å². The van der Waals surface area contributed by atoms with E-state index in [1.165, 1.54) is 4.88 Å². The fourth-order valence-corrected chi connectivity index (χ4v) is 4.30. The summed E-state index contributed by atoms with van der Waals surface area (Å²) in [6.45, 7) is 6.70. The molecule has 98 valence electrons. The second kappa shape index (κ2) is 4.07. The van der Waals surface area contributed by atoms with Crippen molar-refractivity contribution in [3.63, 3.8) is 0 Å². The Morgan fingerprint density at radius 3 is 2.89 bits per heavy atom. The van der Waals surface area contributed by atoms with Crippen LogP contribution in [0.3, 0.4) is 0 Å². The van der Waals surface area contributed by atoms with E-state index < -0.39 is 0 Å². The van der Waals surface area contributed by atoms with E-state index >= 15 is 0 Å². The van der Waals surface area contributed by atoms with Crippen molar-refractivity contribution in [2.24, 2.45) is 11.3 Å². The van der Waals surface area contributed by atoms with Crippen LogP contribution in [-0.2, 0) is 6.42 Å². The third kappa shape index (κ3) is 1.79. The highest BCUT2D eigenvalue weighted by molar-refractivity contribution is 7.17. The summed E-state index contributed by atoms with van der Waals surface area (Å²) in [5, 5.41) is 10.6. The van der Waals surface area contributed by atoms with Gasteiger partial charge in [-0.1, -0.05) is 20.8 Å². The van der Waals surface area contributed by atoms with Gasteiger partial charge in [0.1, 0.15) is 11.2 Å². The first-order valence-corrected chi connectivity index (χ1v) is 7.45. The number of nitrogens with zero attached hydrogens (tertiary/aromatic N) is 2. The molecule has 0 aromatic carbocycles. The summed E-state index contributed by atoms with van der Waals surface area (Å²) in [7, 11) is 0. The van der Waals surface area contributed by atoms with Gasteiger partial charge in [-0.25, -0.2) is 4.98 Å². The molecule has 0 bridgehead atoms. The van der Waals surface area contributed by atoms with E-state index in [1.54, 1.807) is 11.3 Å². The molecular formula is C14H20N2OS. The summed E-state index contributed by atoms with van der Waals surface area (Å²) >= 11 is 1.75. The quantitative estimate of drug-likeness (QED) is 0.922. The standard InChI is InChI=1S/C14H20N2OS/c1-4-10-12(16-8-15-7-11(16)18-10)13(17)9-5-14(2,3)6-9/h7-9,13,17H,4-6H2,1-3H3. The minimum Gasteiger partial charge on any atom is -0.387 e. The smallest absolute Gasteiger partial charge is 0.120 e. The van der Waals surface area contributed by atoms with Gasteiger partial charge < -0.3 is 5.11 Å². The molecule has 4 heteroatoms. The number of rotatable bonds is 3. The van der Waals surface area contributed by atoms with Gasteiger partial charge in [0.05, 0.1) is 18.0 Å². The third-order valence-corrected chi connectivity index (χ3v) is 5.31. The Morgan fingerprint density at radius 1 is 1.56 bits per heavy atom. The normalized spacial score (nSPS) is 21.1. The summed E-state index contributed by atoms with van der Waals surface area (Å²) in [5.74, 6) is 0.408. The van der Waals surface area contributed by atoms with Gasteiger partial charge in [0, 0.05) is 4.88 Å². The molecule has 0 spiro atoms. The Balaban J connectivity index is 1.95. The van der Waals surface area contributed by atoms with Crippen LogP contribution in [0.5, 0.6) is 0 Å². The lowest BCUT2D eigenvalue weighted by molar-refractivity contribution is -0.0174. The predicted molar refractivity (Wildman–Crippen MR) is 73.9 cm³/mol. The van der Waals surface area contributed by atoms with Crippen LogP contribution in [-0.4, -0.2) is 14.5 Å². The van der Waals surface area contributed by atoms with Gasteiger partial charge >= 0.3 is 0 Å². The molecule has 0 radical (unpaired) electrons. The zero-order valence-corrected chi connectivity index (χ0v) is 12.0. The lowest BCUT2D eigenvalue weighted by Gasteiger charge is -2.45. The van der Waals surface area contributed by atoms with Crippen LogP contribution < -0.4 is 0 Å². The molecule has 2 heterocycles. The number of hydrogen-bond donors (Lipinski definition) is 1. The minimum atomic E-state index is -0.337. The average Bonchev–Trinajstić information content (AvgIpc) is 2.83. The maximum absolute atomic E-state index is 10.6. The average molecular weight is 264 g/mol. The molecule has 2 aromatic heterocycles. The van der Waals surface area contributed by atoms with Crippen molar-refractivity contribution >= 4 is 16.2 Å².